The Kier molecular flexibility index (Phi) is 8.68. The van der Waals surface area contributed by atoms with Gasteiger partial charge >= 0.3 is 5.97 Å². The molecule has 0 aliphatic heterocycles. The molecule has 4 aromatic carbocycles. The Labute approximate surface area is 236 Å². The lowest BCUT2D eigenvalue weighted by atomic mass is 9.96. The Morgan fingerprint density at radius 3 is 1.95 bits per heavy atom. The summed E-state index contributed by atoms with van der Waals surface area (Å²) in [5, 5.41) is 3.22. The molecular formula is C35H35NO2S. The lowest BCUT2D eigenvalue weighted by Gasteiger charge is -2.19. The number of carbonyl (C=O) groups is 1. The van der Waals surface area contributed by atoms with Crippen molar-refractivity contribution in [3.8, 4) is 43.1 Å². The van der Waals surface area contributed by atoms with Crippen molar-refractivity contribution in [1.82, 2.24) is 0 Å². The third-order valence-electron chi connectivity index (χ3n) is 6.08. The minimum absolute atomic E-state index is 0. The molecule has 3 nitrogen and oxygen atoms in total. The number of ether oxygens (including phenoxy) is 1. The summed E-state index contributed by atoms with van der Waals surface area (Å²) in [6, 6.07) is 40.2. The van der Waals surface area contributed by atoms with Crippen LogP contribution in [-0.2, 0) is 9.53 Å². The smallest absolute Gasteiger partial charge is 0.325 e. The molecule has 0 saturated heterocycles. The highest BCUT2D eigenvalue weighted by atomic mass is 32.1. The van der Waals surface area contributed by atoms with Crippen LogP contribution in [0.15, 0.2) is 115 Å². The summed E-state index contributed by atoms with van der Waals surface area (Å²) in [5.41, 5.74) is 7.45. The van der Waals surface area contributed by atoms with E-state index in [1.165, 1.54) is 32.0 Å². The monoisotopic (exact) mass is 533 g/mol. The lowest BCUT2D eigenvalue weighted by Crippen LogP contribution is -2.28. The molecule has 0 spiro atoms. The summed E-state index contributed by atoms with van der Waals surface area (Å²) in [4.78, 5) is 14.7. The molecule has 0 atom stereocenters. The maximum absolute atomic E-state index is 12.2. The first kappa shape index (κ1) is 27.9. The topological polar surface area (TPSA) is 38.3 Å². The number of esters is 1. The first-order valence-electron chi connectivity index (χ1n) is 12.8. The number of rotatable bonds is 7. The van der Waals surface area contributed by atoms with Crippen LogP contribution in [-0.4, -0.2) is 18.1 Å². The molecule has 5 aromatic rings. The van der Waals surface area contributed by atoms with Gasteiger partial charge in [-0.25, -0.2) is 0 Å². The first-order valence-corrected chi connectivity index (χ1v) is 13.6. The van der Waals surface area contributed by atoms with Crippen LogP contribution in [0, 0.1) is 0 Å². The van der Waals surface area contributed by atoms with Crippen LogP contribution in [0.4, 0.5) is 5.69 Å². The molecule has 4 heteroatoms. The van der Waals surface area contributed by atoms with Crippen molar-refractivity contribution in [3.05, 3.63) is 115 Å². The van der Waals surface area contributed by atoms with Crippen molar-refractivity contribution in [2.24, 2.45) is 0 Å². The van der Waals surface area contributed by atoms with Crippen LogP contribution in [0.3, 0.4) is 0 Å². The molecule has 198 valence electrons. The van der Waals surface area contributed by atoms with Crippen LogP contribution < -0.4 is 5.32 Å². The molecule has 0 unspecified atom stereocenters. The molecule has 0 saturated carbocycles. The van der Waals surface area contributed by atoms with Gasteiger partial charge in [0.05, 0.1) is 0 Å². The average Bonchev–Trinajstić information content (AvgIpc) is 3.38. The highest BCUT2D eigenvalue weighted by Crippen LogP contribution is 2.45. The Bertz CT molecular complexity index is 1480. The van der Waals surface area contributed by atoms with E-state index in [0.29, 0.717) is 0 Å². The minimum Gasteiger partial charge on any atom is -0.459 e. The summed E-state index contributed by atoms with van der Waals surface area (Å²) in [5.74, 6) is -0.274. The number of carbonyl (C=O) groups excluding carboxylic acids is 1. The molecule has 0 aliphatic carbocycles. The van der Waals surface area contributed by atoms with E-state index < -0.39 is 5.60 Å². The summed E-state index contributed by atoms with van der Waals surface area (Å²) in [6.45, 7) is 5.74. The molecule has 5 rings (SSSR count). The van der Waals surface area contributed by atoms with Gasteiger partial charge in [-0.2, -0.15) is 0 Å². The number of benzene rings is 4. The number of hydrogen-bond donors (Lipinski definition) is 1. The second-order valence-corrected chi connectivity index (χ2v) is 11.2. The maximum atomic E-state index is 12.2. The van der Waals surface area contributed by atoms with Gasteiger partial charge < -0.3 is 10.1 Å². The molecule has 0 radical (unpaired) electrons. The van der Waals surface area contributed by atoms with Gasteiger partial charge in [-0.05, 0) is 66.8 Å². The van der Waals surface area contributed by atoms with Crippen LogP contribution in [0.5, 0.6) is 0 Å². The maximum Gasteiger partial charge on any atom is 0.325 e. The van der Waals surface area contributed by atoms with Gasteiger partial charge in [0.25, 0.3) is 0 Å². The van der Waals surface area contributed by atoms with Gasteiger partial charge in [0, 0.05) is 21.0 Å². The fourth-order valence-corrected chi connectivity index (χ4v) is 5.68. The summed E-state index contributed by atoms with van der Waals surface area (Å²) >= 11 is 1.82. The number of thiophene rings is 1. The minimum atomic E-state index is -0.503. The van der Waals surface area contributed by atoms with Gasteiger partial charge in [0.2, 0.25) is 0 Å². The Morgan fingerprint density at radius 1 is 0.692 bits per heavy atom. The quantitative estimate of drug-likeness (QED) is 0.212. The summed E-state index contributed by atoms with van der Waals surface area (Å²) in [7, 11) is 0. The molecule has 1 heterocycles. The third kappa shape index (κ3) is 6.84. The van der Waals surface area contributed by atoms with Gasteiger partial charge in [-0.1, -0.05) is 104 Å². The van der Waals surface area contributed by atoms with Gasteiger partial charge in [-0.15, -0.1) is 11.3 Å². The van der Waals surface area contributed by atoms with Crippen LogP contribution in [0.25, 0.3) is 43.1 Å². The molecule has 0 fully saturated rings. The Morgan fingerprint density at radius 2 is 1.28 bits per heavy atom. The van der Waals surface area contributed by atoms with E-state index in [9.17, 15) is 4.79 Å². The van der Waals surface area contributed by atoms with E-state index >= 15 is 0 Å². The number of hydrogen-bond acceptors (Lipinski definition) is 4. The zero-order valence-corrected chi connectivity index (χ0v) is 22.7. The van der Waals surface area contributed by atoms with E-state index in [4.69, 9.17) is 4.74 Å². The average molecular weight is 534 g/mol. The summed E-state index contributed by atoms with van der Waals surface area (Å²) in [6.07, 6.45) is 0. The van der Waals surface area contributed by atoms with Crippen molar-refractivity contribution in [3.63, 3.8) is 0 Å². The van der Waals surface area contributed by atoms with E-state index in [1.54, 1.807) is 0 Å². The largest absolute Gasteiger partial charge is 0.459 e. The van der Waals surface area contributed by atoms with E-state index in [1.807, 2.05) is 44.2 Å². The predicted molar refractivity (Wildman–Crippen MR) is 167 cm³/mol. The van der Waals surface area contributed by atoms with Crippen LogP contribution in [0.2, 0.25) is 0 Å². The standard InChI is InChI=1S/C34H31NO2S.CH4/c1-34(2,3)37-32(36)23-35-27-18-12-17-26(21-27)28-19-10-11-20-29(28)31-22-30(24-13-6-4-7-14-24)33(38-31)25-15-8-5-9-16-25;/h4-22,35H,23H2,1-3H3;1H4. The molecule has 0 amide bonds. The molecule has 39 heavy (non-hydrogen) atoms. The highest BCUT2D eigenvalue weighted by molar-refractivity contribution is 7.19. The van der Waals surface area contributed by atoms with E-state index in [2.05, 4.69) is 108 Å². The second-order valence-electron chi connectivity index (χ2n) is 10.2. The zero-order valence-electron chi connectivity index (χ0n) is 21.9. The third-order valence-corrected chi connectivity index (χ3v) is 7.29. The highest BCUT2D eigenvalue weighted by Gasteiger charge is 2.18. The van der Waals surface area contributed by atoms with E-state index in [-0.39, 0.29) is 19.9 Å². The fourth-order valence-electron chi connectivity index (χ4n) is 4.46. The Balaban J connectivity index is 0.00000353. The summed E-state index contributed by atoms with van der Waals surface area (Å²) < 4.78 is 5.44. The lowest BCUT2D eigenvalue weighted by molar-refractivity contribution is -0.152. The van der Waals surface area contributed by atoms with Gasteiger partial charge in [0.1, 0.15) is 12.1 Å². The van der Waals surface area contributed by atoms with Crippen molar-refractivity contribution in [2.45, 2.75) is 33.8 Å². The number of nitrogens with one attached hydrogen (secondary N) is 1. The second kappa shape index (κ2) is 12.1. The fraction of sp³-hybridized carbons (Fsp3) is 0.171. The molecule has 1 aromatic heterocycles. The van der Waals surface area contributed by atoms with Crippen LogP contribution >= 0.6 is 11.3 Å². The van der Waals surface area contributed by atoms with Gasteiger partial charge in [-0.3, -0.25) is 4.79 Å². The van der Waals surface area contributed by atoms with Crippen molar-refractivity contribution in [1.29, 1.82) is 0 Å². The number of anilines is 1. The van der Waals surface area contributed by atoms with E-state index in [0.717, 1.165) is 16.8 Å². The normalized spacial score (nSPS) is 10.9. The van der Waals surface area contributed by atoms with Crippen LogP contribution in [0.1, 0.15) is 28.2 Å². The van der Waals surface area contributed by atoms with Crippen molar-refractivity contribution >= 4 is 23.0 Å². The molecule has 0 aliphatic rings. The molecule has 1 N–H and O–H groups in total. The molecular weight excluding hydrogens is 498 g/mol. The molecule has 0 bridgehead atoms. The SMILES string of the molecule is C.CC(C)(C)OC(=O)CNc1cccc(-c2ccccc2-c2cc(-c3ccccc3)c(-c3ccccc3)s2)c1. The zero-order chi connectivity index (χ0) is 26.5. The van der Waals surface area contributed by atoms with Crippen molar-refractivity contribution in [2.75, 3.05) is 11.9 Å². The predicted octanol–water partition coefficient (Wildman–Crippen LogP) is 9.81. The Hall–Kier alpha value is -4.15. The first-order chi connectivity index (χ1) is 18.4. The van der Waals surface area contributed by atoms with Gasteiger partial charge in [0.15, 0.2) is 0 Å². The van der Waals surface area contributed by atoms with Crippen molar-refractivity contribution < 1.29 is 9.53 Å².